The maximum Gasteiger partial charge on any atom is 0.233 e. The molecule has 2 heterocycles. The highest BCUT2D eigenvalue weighted by atomic mass is 16.5. The molecule has 3 rings (SSSR count). The topological polar surface area (TPSA) is 37.4 Å². The van der Waals surface area contributed by atoms with Crippen LogP contribution in [0.15, 0.2) is 35.3 Å². The third kappa shape index (κ3) is 1.09. The van der Waals surface area contributed by atoms with Crippen molar-refractivity contribution in [3.05, 3.63) is 36.0 Å². The van der Waals surface area contributed by atoms with Gasteiger partial charge in [-0.3, -0.25) is 0 Å². The Hall–Kier alpha value is -1.77. The molecule has 3 heteroatoms. The molecule has 0 fully saturated rings. The highest BCUT2D eigenvalue weighted by Crippen LogP contribution is 2.16. The van der Waals surface area contributed by atoms with Crippen molar-refractivity contribution >= 4 is 16.8 Å². The number of rotatable bonds is 1. The van der Waals surface area contributed by atoms with Crippen LogP contribution in [-0.2, 0) is 4.74 Å². The molecule has 2 aromatic rings. The zero-order valence-electron chi connectivity index (χ0n) is 7.66. The minimum atomic E-state index is 0.699. The summed E-state index contributed by atoms with van der Waals surface area (Å²) in [4.78, 5) is 7.55. The van der Waals surface area contributed by atoms with Crippen molar-refractivity contribution < 1.29 is 4.74 Å². The summed E-state index contributed by atoms with van der Waals surface area (Å²) in [5, 5.41) is 1.20. The summed E-state index contributed by atoms with van der Waals surface area (Å²) in [5.74, 6) is 0.737. The predicted octanol–water partition coefficient (Wildman–Crippen LogP) is 1.94. The van der Waals surface area contributed by atoms with Gasteiger partial charge in [-0.05, 0) is 12.1 Å². The molecule has 1 aromatic heterocycles. The lowest BCUT2D eigenvalue weighted by atomic mass is 10.2. The van der Waals surface area contributed by atoms with Crippen molar-refractivity contribution in [1.29, 1.82) is 0 Å². The summed E-state index contributed by atoms with van der Waals surface area (Å²) in [7, 11) is 0. The number of fused-ring (bicyclic) bond motifs is 1. The number of hydrogen-bond donors (Lipinski definition) is 1. The molecule has 0 saturated heterocycles. The van der Waals surface area contributed by atoms with Gasteiger partial charge in [0.05, 0.1) is 6.54 Å². The van der Waals surface area contributed by atoms with Crippen molar-refractivity contribution in [3.63, 3.8) is 0 Å². The molecule has 1 aliphatic rings. The van der Waals surface area contributed by atoms with Gasteiger partial charge in [-0.15, -0.1) is 0 Å². The van der Waals surface area contributed by atoms with Gasteiger partial charge >= 0.3 is 0 Å². The smallest absolute Gasteiger partial charge is 0.233 e. The fourth-order valence-electron chi connectivity index (χ4n) is 1.69. The van der Waals surface area contributed by atoms with Crippen LogP contribution in [0.1, 0.15) is 5.69 Å². The molecular weight excluding hydrogens is 176 g/mol. The molecule has 1 aliphatic heterocycles. The summed E-state index contributed by atoms with van der Waals surface area (Å²) in [5.41, 5.74) is 2.10. The van der Waals surface area contributed by atoms with E-state index in [9.17, 15) is 0 Å². The second-order valence-corrected chi connectivity index (χ2v) is 3.31. The predicted molar refractivity (Wildman–Crippen MR) is 55.7 cm³/mol. The lowest BCUT2D eigenvalue weighted by Gasteiger charge is -1.95. The van der Waals surface area contributed by atoms with E-state index in [1.807, 2.05) is 18.2 Å². The number of aliphatic imine (C=N–C) groups is 1. The van der Waals surface area contributed by atoms with Crippen molar-refractivity contribution in [3.8, 4) is 0 Å². The van der Waals surface area contributed by atoms with Crippen LogP contribution in [-0.4, -0.2) is 24.0 Å². The van der Waals surface area contributed by atoms with Crippen LogP contribution in [0.5, 0.6) is 0 Å². The van der Waals surface area contributed by atoms with Crippen LogP contribution in [0.2, 0.25) is 0 Å². The summed E-state index contributed by atoms with van der Waals surface area (Å²) >= 11 is 0. The lowest BCUT2D eigenvalue weighted by Crippen LogP contribution is -2.00. The van der Waals surface area contributed by atoms with Gasteiger partial charge in [0.25, 0.3) is 0 Å². The Balaban J connectivity index is 2.14. The van der Waals surface area contributed by atoms with Gasteiger partial charge in [-0.1, -0.05) is 18.2 Å². The fourth-order valence-corrected chi connectivity index (χ4v) is 1.69. The summed E-state index contributed by atoms with van der Waals surface area (Å²) in [6.45, 7) is 1.47. The maximum absolute atomic E-state index is 5.39. The van der Waals surface area contributed by atoms with Crippen LogP contribution in [0.3, 0.4) is 0 Å². The molecule has 0 radical (unpaired) electrons. The molecule has 0 atom stereocenters. The number of H-pyrrole nitrogens is 1. The highest BCUT2D eigenvalue weighted by molar-refractivity contribution is 5.98. The third-order valence-corrected chi connectivity index (χ3v) is 2.35. The molecule has 3 nitrogen and oxygen atoms in total. The van der Waals surface area contributed by atoms with Crippen LogP contribution in [0, 0.1) is 0 Å². The maximum atomic E-state index is 5.39. The number of nitrogens with zero attached hydrogens (tertiary/aromatic N) is 1. The number of benzene rings is 1. The SMILES string of the molecule is c1ccc2[nH]c(C3=NCCO3)cc2c1. The van der Waals surface area contributed by atoms with Crippen molar-refractivity contribution in [2.45, 2.75) is 0 Å². The zero-order chi connectivity index (χ0) is 9.38. The van der Waals surface area contributed by atoms with E-state index in [-0.39, 0.29) is 0 Å². The minimum Gasteiger partial charge on any atom is -0.474 e. The average Bonchev–Trinajstić information content (AvgIpc) is 2.86. The molecule has 0 aliphatic carbocycles. The van der Waals surface area contributed by atoms with E-state index >= 15 is 0 Å². The number of ether oxygens (including phenoxy) is 1. The van der Waals surface area contributed by atoms with Crippen LogP contribution < -0.4 is 0 Å². The van der Waals surface area contributed by atoms with E-state index in [0.29, 0.717) is 6.61 Å². The second kappa shape index (κ2) is 2.87. The first-order chi connectivity index (χ1) is 6.93. The first-order valence-electron chi connectivity index (χ1n) is 4.69. The second-order valence-electron chi connectivity index (χ2n) is 3.31. The molecule has 0 spiro atoms. The summed E-state index contributed by atoms with van der Waals surface area (Å²) in [6, 6.07) is 10.2. The van der Waals surface area contributed by atoms with Crippen LogP contribution in [0.25, 0.3) is 10.9 Å². The van der Waals surface area contributed by atoms with Crippen molar-refractivity contribution in [2.24, 2.45) is 4.99 Å². The molecule has 0 saturated carbocycles. The molecule has 70 valence electrons. The van der Waals surface area contributed by atoms with Gasteiger partial charge in [-0.25, -0.2) is 4.99 Å². The minimum absolute atomic E-state index is 0.699. The number of aromatic amines is 1. The van der Waals surface area contributed by atoms with E-state index in [2.05, 4.69) is 22.1 Å². The third-order valence-electron chi connectivity index (χ3n) is 2.35. The largest absolute Gasteiger partial charge is 0.474 e. The van der Waals surface area contributed by atoms with E-state index in [1.165, 1.54) is 5.39 Å². The Labute approximate surface area is 81.4 Å². The fraction of sp³-hybridized carbons (Fsp3) is 0.182. The monoisotopic (exact) mass is 186 g/mol. The molecule has 1 N–H and O–H groups in total. The lowest BCUT2D eigenvalue weighted by molar-refractivity contribution is 0.347. The Morgan fingerprint density at radius 2 is 2.21 bits per heavy atom. The van der Waals surface area contributed by atoms with Crippen LogP contribution >= 0.6 is 0 Å². The zero-order valence-corrected chi connectivity index (χ0v) is 7.66. The average molecular weight is 186 g/mol. The Morgan fingerprint density at radius 3 is 3.00 bits per heavy atom. The molecule has 1 aromatic carbocycles. The first kappa shape index (κ1) is 7.62. The van der Waals surface area contributed by atoms with E-state index in [1.54, 1.807) is 0 Å². The summed E-state index contributed by atoms with van der Waals surface area (Å²) in [6.07, 6.45) is 0. The quantitative estimate of drug-likeness (QED) is 0.726. The standard InChI is InChI=1S/C11H10N2O/c1-2-4-9-8(3-1)7-10(13-9)11-12-5-6-14-11/h1-4,7,13H,5-6H2. The van der Waals surface area contributed by atoms with Gasteiger partial charge < -0.3 is 9.72 Å². The van der Waals surface area contributed by atoms with Crippen molar-refractivity contribution in [1.82, 2.24) is 4.98 Å². The number of hydrogen-bond acceptors (Lipinski definition) is 2. The van der Waals surface area contributed by atoms with Gasteiger partial charge in [0.15, 0.2) is 0 Å². The van der Waals surface area contributed by atoms with Crippen LogP contribution in [0.4, 0.5) is 0 Å². The Morgan fingerprint density at radius 1 is 1.29 bits per heavy atom. The normalized spacial score (nSPS) is 15.6. The summed E-state index contributed by atoms with van der Waals surface area (Å²) < 4.78 is 5.39. The van der Waals surface area contributed by atoms with Crippen molar-refractivity contribution in [2.75, 3.05) is 13.2 Å². The van der Waals surface area contributed by atoms with E-state index in [4.69, 9.17) is 4.74 Å². The molecule has 0 amide bonds. The van der Waals surface area contributed by atoms with E-state index < -0.39 is 0 Å². The van der Waals surface area contributed by atoms with Gasteiger partial charge in [0.1, 0.15) is 12.3 Å². The molecule has 0 bridgehead atoms. The Kier molecular flexibility index (Phi) is 1.56. The first-order valence-corrected chi connectivity index (χ1v) is 4.69. The number of aromatic nitrogens is 1. The molecular formula is C11H10N2O. The molecule has 14 heavy (non-hydrogen) atoms. The van der Waals surface area contributed by atoms with Gasteiger partial charge in [0, 0.05) is 10.9 Å². The van der Waals surface area contributed by atoms with Gasteiger partial charge in [-0.2, -0.15) is 0 Å². The molecule has 0 unspecified atom stereocenters. The number of nitrogens with one attached hydrogen (secondary N) is 1. The Bertz CT molecular complexity index is 466. The number of para-hydroxylation sites is 1. The highest BCUT2D eigenvalue weighted by Gasteiger charge is 2.12. The van der Waals surface area contributed by atoms with E-state index in [0.717, 1.165) is 23.7 Å². The van der Waals surface area contributed by atoms with Gasteiger partial charge in [0.2, 0.25) is 5.90 Å².